The summed E-state index contributed by atoms with van der Waals surface area (Å²) in [5, 5.41) is 11.9. The minimum Gasteiger partial charge on any atom is -0.385 e. The van der Waals surface area contributed by atoms with Crippen molar-refractivity contribution in [1.82, 2.24) is 0 Å². The normalized spacial score (nSPS) is 47.4. The number of carbonyl (C=O) groups is 2. The number of aldehydes is 2. The third kappa shape index (κ3) is 2.95. The number of rotatable bonds is 4. The van der Waals surface area contributed by atoms with Crippen LogP contribution in [-0.4, -0.2) is 17.7 Å². The van der Waals surface area contributed by atoms with Gasteiger partial charge in [-0.15, -0.1) is 0 Å². The fourth-order valence-corrected chi connectivity index (χ4v) is 7.59. The van der Waals surface area contributed by atoms with Gasteiger partial charge >= 0.3 is 0 Å². The third-order valence-electron chi connectivity index (χ3n) is 9.58. The van der Waals surface area contributed by atoms with Crippen LogP contribution in [0.1, 0.15) is 71.3 Å². The summed E-state index contributed by atoms with van der Waals surface area (Å²) < 4.78 is 0. The lowest BCUT2D eigenvalue weighted by Gasteiger charge is -2.56. The fourth-order valence-electron chi connectivity index (χ4n) is 7.59. The van der Waals surface area contributed by atoms with Crippen LogP contribution in [0.2, 0.25) is 0 Å². The van der Waals surface area contributed by atoms with Crippen molar-refractivity contribution in [3.05, 3.63) is 35.9 Å². The zero-order valence-electron chi connectivity index (χ0n) is 18.1. The van der Waals surface area contributed by atoms with Crippen LogP contribution in [0.5, 0.6) is 0 Å². The van der Waals surface area contributed by atoms with E-state index >= 15 is 0 Å². The number of aliphatic hydroxyl groups is 1. The van der Waals surface area contributed by atoms with Crippen molar-refractivity contribution in [2.24, 2.45) is 40.4 Å². The van der Waals surface area contributed by atoms with Gasteiger partial charge < -0.3 is 14.7 Å². The van der Waals surface area contributed by atoms with Crippen LogP contribution in [0.4, 0.5) is 0 Å². The first-order chi connectivity index (χ1) is 13.8. The number of fused-ring (bicyclic) bond motifs is 1. The van der Waals surface area contributed by atoms with Gasteiger partial charge in [-0.2, -0.15) is 0 Å². The monoisotopic (exact) mass is 396 g/mol. The summed E-state index contributed by atoms with van der Waals surface area (Å²) in [6.45, 7) is 6.70. The topological polar surface area (TPSA) is 54.4 Å². The van der Waals surface area contributed by atoms with E-state index in [2.05, 4.69) is 20.8 Å². The minimum atomic E-state index is -0.878. The molecule has 3 heteroatoms. The van der Waals surface area contributed by atoms with Crippen LogP contribution in [0, 0.1) is 40.4 Å². The molecular formula is C26H36O3. The van der Waals surface area contributed by atoms with Gasteiger partial charge in [0.25, 0.3) is 0 Å². The summed E-state index contributed by atoms with van der Waals surface area (Å²) >= 11 is 0. The Morgan fingerprint density at radius 3 is 2.28 bits per heavy atom. The maximum absolute atomic E-state index is 12.5. The highest BCUT2D eigenvalue weighted by atomic mass is 16.3. The van der Waals surface area contributed by atoms with Crippen molar-refractivity contribution < 1.29 is 14.7 Å². The second kappa shape index (κ2) is 7.34. The zero-order valence-corrected chi connectivity index (χ0v) is 18.1. The van der Waals surface area contributed by atoms with Crippen molar-refractivity contribution in [2.75, 3.05) is 0 Å². The van der Waals surface area contributed by atoms with Gasteiger partial charge in [0.05, 0.1) is 5.60 Å². The molecule has 3 fully saturated rings. The van der Waals surface area contributed by atoms with E-state index in [9.17, 15) is 14.7 Å². The van der Waals surface area contributed by atoms with Crippen LogP contribution in [0.25, 0.3) is 0 Å². The third-order valence-corrected chi connectivity index (χ3v) is 9.58. The Morgan fingerprint density at radius 2 is 1.62 bits per heavy atom. The van der Waals surface area contributed by atoms with Gasteiger partial charge in [-0.1, -0.05) is 57.5 Å². The molecule has 0 aliphatic heterocycles. The first-order valence-corrected chi connectivity index (χ1v) is 11.5. The molecule has 4 rings (SSSR count). The molecule has 0 heterocycles. The second-order valence-corrected chi connectivity index (χ2v) is 10.8. The summed E-state index contributed by atoms with van der Waals surface area (Å²) in [6.07, 6.45) is 8.86. The van der Waals surface area contributed by atoms with Crippen molar-refractivity contribution in [3.63, 3.8) is 0 Å². The quantitative estimate of drug-likeness (QED) is 0.716. The van der Waals surface area contributed by atoms with Gasteiger partial charge in [-0.3, -0.25) is 0 Å². The molecule has 0 radical (unpaired) electrons. The standard InChI is InChI=1S/C26H36O3/c1-18-9-12-24(2,20(15-18)16-27)22-10-13-25(3)23(21(22)17-28)11-14-26(25,29)19-7-5-4-6-8-19/h4-8,16-18,20-23,29H,9-15H2,1-3H3/t18-,20+,21?,22-,23-,24-,25-,26+/m0/s1. The molecule has 1 aromatic rings. The van der Waals surface area contributed by atoms with E-state index in [4.69, 9.17) is 0 Å². The maximum atomic E-state index is 12.5. The van der Waals surface area contributed by atoms with E-state index in [1.165, 1.54) is 12.6 Å². The minimum absolute atomic E-state index is 0.0393. The maximum Gasteiger partial charge on any atom is 0.123 e. The second-order valence-electron chi connectivity index (χ2n) is 10.8. The van der Waals surface area contributed by atoms with Gasteiger partial charge in [0.1, 0.15) is 12.6 Å². The van der Waals surface area contributed by atoms with E-state index < -0.39 is 5.60 Å². The van der Waals surface area contributed by atoms with E-state index in [-0.39, 0.29) is 34.5 Å². The van der Waals surface area contributed by atoms with Gasteiger partial charge in [-0.05, 0) is 67.3 Å². The molecule has 3 nitrogen and oxygen atoms in total. The molecule has 1 aromatic carbocycles. The highest BCUT2D eigenvalue weighted by Crippen LogP contribution is 2.67. The van der Waals surface area contributed by atoms with E-state index in [1.807, 2.05) is 30.3 Å². The van der Waals surface area contributed by atoms with Crippen molar-refractivity contribution in [1.29, 1.82) is 0 Å². The summed E-state index contributed by atoms with van der Waals surface area (Å²) in [5.74, 6) is 0.951. The Kier molecular flexibility index (Phi) is 5.26. The fraction of sp³-hybridized carbons (Fsp3) is 0.692. The molecule has 0 aromatic heterocycles. The molecule has 3 saturated carbocycles. The molecular weight excluding hydrogens is 360 g/mol. The highest BCUT2D eigenvalue weighted by Gasteiger charge is 2.64. The first kappa shape index (κ1) is 20.8. The zero-order chi connectivity index (χ0) is 20.9. The smallest absolute Gasteiger partial charge is 0.123 e. The van der Waals surface area contributed by atoms with Gasteiger partial charge in [0.2, 0.25) is 0 Å². The predicted octanol–water partition coefficient (Wildman–Crippen LogP) is 5.16. The Labute approximate surface area is 175 Å². The molecule has 158 valence electrons. The number of hydrogen-bond donors (Lipinski definition) is 1. The van der Waals surface area contributed by atoms with Crippen LogP contribution in [0.15, 0.2) is 30.3 Å². The molecule has 0 saturated heterocycles. The SMILES string of the molecule is C[C@H]1CC[C@](C)([C@H]2CC[C@@]3(C)[C@@H](CC[C@@]3(O)c3ccccc3)C2C=O)[C@@H](C=O)C1. The lowest BCUT2D eigenvalue weighted by molar-refractivity contribution is -0.151. The van der Waals surface area contributed by atoms with Crippen molar-refractivity contribution in [3.8, 4) is 0 Å². The molecule has 3 aliphatic rings. The number of benzene rings is 1. The Morgan fingerprint density at radius 1 is 0.931 bits per heavy atom. The first-order valence-electron chi connectivity index (χ1n) is 11.5. The Bertz CT molecular complexity index is 760. The van der Waals surface area contributed by atoms with E-state index in [0.29, 0.717) is 12.3 Å². The van der Waals surface area contributed by atoms with Gasteiger partial charge in [0.15, 0.2) is 0 Å². The Balaban J connectivity index is 1.68. The highest BCUT2D eigenvalue weighted by molar-refractivity contribution is 5.59. The predicted molar refractivity (Wildman–Crippen MR) is 114 cm³/mol. The molecule has 3 aliphatic carbocycles. The average molecular weight is 397 g/mol. The average Bonchev–Trinajstić information content (AvgIpc) is 3.01. The molecule has 29 heavy (non-hydrogen) atoms. The summed E-state index contributed by atoms with van der Waals surface area (Å²) in [4.78, 5) is 24.5. The summed E-state index contributed by atoms with van der Waals surface area (Å²) in [5.41, 5.74) is -0.298. The Hall–Kier alpha value is -1.48. The molecule has 1 N–H and O–H groups in total. The number of hydrogen-bond acceptors (Lipinski definition) is 3. The summed E-state index contributed by atoms with van der Waals surface area (Å²) in [6, 6.07) is 10.0. The molecule has 8 atom stereocenters. The lowest BCUT2D eigenvalue weighted by atomic mass is 9.48. The molecule has 0 amide bonds. The van der Waals surface area contributed by atoms with Gasteiger partial charge in [-0.25, -0.2) is 0 Å². The van der Waals surface area contributed by atoms with Crippen LogP contribution < -0.4 is 0 Å². The molecule has 0 spiro atoms. The lowest BCUT2D eigenvalue weighted by Crippen LogP contribution is -2.54. The van der Waals surface area contributed by atoms with Crippen LogP contribution in [-0.2, 0) is 15.2 Å². The van der Waals surface area contributed by atoms with E-state index in [0.717, 1.165) is 44.1 Å². The molecule has 0 bridgehead atoms. The van der Waals surface area contributed by atoms with Crippen molar-refractivity contribution >= 4 is 12.6 Å². The van der Waals surface area contributed by atoms with Crippen LogP contribution >= 0.6 is 0 Å². The molecule has 1 unspecified atom stereocenters. The van der Waals surface area contributed by atoms with E-state index in [1.54, 1.807) is 0 Å². The van der Waals surface area contributed by atoms with Gasteiger partial charge in [0, 0.05) is 17.3 Å². The largest absolute Gasteiger partial charge is 0.385 e. The summed E-state index contributed by atoms with van der Waals surface area (Å²) in [7, 11) is 0. The van der Waals surface area contributed by atoms with Crippen molar-refractivity contribution in [2.45, 2.75) is 71.3 Å². The number of carbonyl (C=O) groups excluding carboxylic acids is 2. The van der Waals surface area contributed by atoms with Crippen LogP contribution in [0.3, 0.4) is 0 Å².